The van der Waals surface area contributed by atoms with Crippen LogP contribution in [0.3, 0.4) is 0 Å². The molecule has 0 fully saturated rings. The van der Waals surface area contributed by atoms with Crippen LogP contribution >= 0.6 is 0 Å². The SMILES string of the molecule is C=N[NH+]([O-])OC(C)(C)C. The number of quaternary nitrogens is 1. The summed E-state index contributed by atoms with van der Waals surface area (Å²) in [4.78, 5) is 4.72. The van der Waals surface area contributed by atoms with Crippen molar-refractivity contribution < 1.29 is 10.2 Å². The molecule has 0 aliphatic heterocycles. The molecule has 0 aromatic carbocycles. The lowest BCUT2D eigenvalue weighted by Crippen LogP contribution is -3.02. The van der Waals surface area contributed by atoms with E-state index in [0.29, 0.717) is 0 Å². The van der Waals surface area contributed by atoms with Gasteiger partial charge in [-0.3, -0.25) is 0 Å². The fourth-order valence-corrected chi connectivity index (χ4v) is 0.294. The molecule has 0 radical (unpaired) electrons. The Morgan fingerprint density at radius 2 is 2.00 bits per heavy atom. The van der Waals surface area contributed by atoms with E-state index in [2.05, 4.69) is 11.8 Å². The second-order valence-electron chi connectivity index (χ2n) is 2.64. The molecule has 54 valence electrons. The van der Waals surface area contributed by atoms with E-state index >= 15 is 0 Å². The Balaban J connectivity index is 3.59. The van der Waals surface area contributed by atoms with E-state index in [1.165, 1.54) is 0 Å². The molecular formula is C5H12N2O2. The van der Waals surface area contributed by atoms with Gasteiger partial charge in [-0.15, -0.1) is 0 Å². The molecule has 1 unspecified atom stereocenters. The van der Waals surface area contributed by atoms with Gasteiger partial charge in [0.2, 0.25) is 0 Å². The van der Waals surface area contributed by atoms with E-state index in [4.69, 9.17) is 4.84 Å². The molecule has 0 rings (SSSR count). The monoisotopic (exact) mass is 132 g/mol. The number of hydrogen-bond donors (Lipinski definition) is 1. The minimum absolute atomic E-state index is 0.460. The van der Waals surface area contributed by atoms with Crippen LogP contribution in [-0.2, 0) is 4.84 Å². The number of hydrogen-bond acceptors (Lipinski definition) is 3. The van der Waals surface area contributed by atoms with Crippen molar-refractivity contribution in [3.63, 3.8) is 0 Å². The molecule has 1 atom stereocenters. The highest BCUT2D eigenvalue weighted by molar-refractivity contribution is 5.20. The highest BCUT2D eigenvalue weighted by atomic mass is 16.9. The van der Waals surface area contributed by atoms with E-state index in [1.807, 2.05) is 0 Å². The largest absolute Gasteiger partial charge is 0.572 e. The maximum atomic E-state index is 10.4. The van der Waals surface area contributed by atoms with Crippen LogP contribution in [-0.4, -0.2) is 12.3 Å². The first-order valence-corrected chi connectivity index (χ1v) is 2.65. The summed E-state index contributed by atoms with van der Waals surface area (Å²) in [7, 11) is 0. The Labute approximate surface area is 54.6 Å². The lowest BCUT2D eigenvalue weighted by Gasteiger charge is -2.21. The van der Waals surface area contributed by atoms with E-state index < -0.39 is 10.9 Å². The van der Waals surface area contributed by atoms with Crippen molar-refractivity contribution in [3.05, 3.63) is 5.21 Å². The van der Waals surface area contributed by atoms with Gasteiger partial charge in [0.25, 0.3) is 0 Å². The third kappa shape index (κ3) is 5.42. The highest BCUT2D eigenvalue weighted by Crippen LogP contribution is 2.00. The zero-order valence-corrected chi connectivity index (χ0v) is 5.97. The molecule has 0 aromatic rings. The molecule has 4 heteroatoms. The molecule has 0 amide bonds. The molecule has 0 aliphatic rings. The van der Waals surface area contributed by atoms with Gasteiger partial charge in [-0.2, -0.15) is 4.84 Å². The summed E-state index contributed by atoms with van der Waals surface area (Å²) in [6.07, 6.45) is 0. The number of rotatable bonds is 2. The molecular weight excluding hydrogens is 120 g/mol. The lowest BCUT2D eigenvalue weighted by molar-refractivity contribution is -1.07. The van der Waals surface area contributed by atoms with Gasteiger partial charge in [0.05, 0.1) is 6.72 Å². The normalized spacial score (nSPS) is 15.1. The summed E-state index contributed by atoms with van der Waals surface area (Å²) in [6.45, 7) is 8.34. The molecule has 4 nitrogen and oxygen atoms in total. The predicted molar refractivity (Wildman–Crippen MR) is 34.7 cm³/mol. The first-order chi connectivity index (χ1) is 3.95. The van der Waals surface area contributed by atoms with E-state index in [1.54, 1.807) is 20.8 Å². The number of nitrogens with one attached hydrogen (secondary N) is 1. The van der Waals surface area contributed by atoms with Gasteiger partial charge in [-0.05, 0) is 20.8 Å². The second-order valence-corrected chi connectivity index (χ2v) is 2.64. The predicted octanol–water partition coefficient (Wildman–Crippen LogP) is -0.285. The Hall–Kier alpha value is -0.450. The van der Waals surface area contributed by atoms with Crippen molar-refractivity contribution in [1.29, 1.82) is 0 Å². The lowest BCUT2D eigenvalue weighted by atomic mass is 10.2. The van der Waals surface area contributed by atoms with Crippen LogP contribution in [0.25, 0.3) is 0 Å². The Morgan fingerprint density at radius 3 is 2.11 bits per heavy atom. The van der Waals surface area contributed by atoms with Gasteiger partial charge in [-0.1, -0.05) is 10.4 Å². The zero-order chi connectivity index (χ0) is 7.49. The fourth-order valence-electron chi connectivity index (χ4n) is 0.294. The molecule has 0 saturated heterocycles. The van der Waals surface area contributed by atoms with Crippen LogP contribution < -0.4 is 5.34 Å². The summed E-state index contributed by atoms with van der Waals surface area (Å²) in [5.41, 5.74) is -0.460. The van der Waals surface area contributed by atoms with Crippen molar-refractivity contribution in [3.8, 4) is 0 Å². The average molecular weight is 132 g/mol. The van der Waals surface area contributed by atoms with Gasteiger partial charge < -0.3 is 5.21 Å². The van der Waals surface area contributed by atoms with Crippen molar-refractivity contribution in [1.82, 2.24) is 0 Å². The average Bonchev–Trinajstić information content (AvgIpc) is 1.62. The molecule has 9 heavy (non-hydrogen) atoms. The van der Waals surface area contributed by atoms with Gasteiger partial charge in [0, 0.05) is 0 Å². The quantitative estimate of drug-likeness (QED) is 0.415. The van der Waals surface area contributed by atoms with Gasteiger partial charge in [0.15, 0.2) is 0 Å². The maximum Gasteiger partial charge on any atom is 0.123 e. The molecule has 0 saturated carbocycles. The topological polar surface area (TPSA) is 49.1 Å². The summed E-state index contributed by atoms with van der Waals surface area (Å²) < 4.78 is 0. The van der Waals surface area contributed by atoms with Gasteiger partial charge in [-0.25, -0.2) is 0 Å². The molecule has 0 heterocycles. The van der Waals surface area contributed by atoms with Crippen LogP contribution in [0.5, 0.6) is 0 Å². The van der Waals surface area contributed by atoms with Crippen LogP contribution in [0.15, 0.2) is 5.10 Å². The Morgan fingerprint density at radius 1 is 1.56 bits per heavy atom. The molecule has 0 aromatic heterocycles. The smallest absolute Gasteiger partial charge is 0.123 e. The molecule has 0 bridgehead atoms. The highest BCUT2D eigenvalue weighted by Gasteiger charge is 2.14. The van der Waals surface area contributed by atoms with Crippen LogP contribution in [0.1, 0.15) is 20.8 Å². The standard InChI is InChI=1S/C5H12N2O2/c1-5(2,3)9-7(8)6-4/h7H,4H2,1-3H3. The second kappa shape index (κ2) is 2.91. The van der Waals surface area contributed by atoms with Crippen LogP contribution in [0, 0.1) is 5.21 Å². The van der Waals surface area contributed by atoms with Crippen LogP contribution in [0.4, 0.5) is 0 Å². The van der Waals surface area contributed by atoms with Crippen molar-refractivity contribution in [2.75, 3.05) is 0 Å². The van der Waals surface area contributed by atoms with E-state index in [9.17, 15) is 5.21 Å². The summed E-state index contributed by atoms with van der Waals surface area (Å²) in [6, 6.07) is 0. The molecule has 1 N–H and O–H groups in total. The maximum absolute atomic E-state index is 10.4. The fraction of sp³-hybridized carbons (Fsp3) is 0.800. The van der Waals surface area contributed by atoms with Gasteiger partial charge in [0.1, 0.15) is 5.60 Å². The minimum atomic E-state index is -0.623. The first kappa shape index (κ1) is 8.55. The zero-order valence-electron chi connectivity index (χ0n) is 5.97. The first-order valence-electron chi connectivity index (χ1n) is 2.65. The molecule has 0 spiro atoms. The van der Waals surface area contributed by atoms with Crippen LogP contribution in [0.2, 0.25) is 0 Å². The summed E-state index contributed by atoms with van der Waals surface area (Å²) in [5, 5.41) is 12.8. The van der Waals surface area contributed by atoms with E-state index in [-0.39, 0.29) is 0 Å². The third-order valence-corrected chi connectivity index (χ3v) is 0.523. The third-order valence-electron chi connectivity index (χ3n) is 0.523. The van der Waals surface area contributed by atoms with Crippen molar-refractivity contribution in [2.45, 2.75) is 26.4 Å². The number of nitrogens with zero attached hydrogens (tertiary/aromatic N) is 1. The van der Waals surface area contributed by atoms with Crippen molar-refractivity contribution in [2.24, 2.45) is 5.10 Å². The Kier molecular flexibility index (Phi) is 2.76. The van der Waals surface area contributed by atoms with Gasteiger partial charge >= 0.3 is 0 Å². The van der Waals surface area contributed by atoms with Crippen molar-refractivity contribution >= 4 is 6.72 Å². The molecule has 0 aliphatic carbocycles. The minimum Gasteiger partial charge on any atom is -0.572 e. The Bertz CT molecular complexity index is 97.6. The summed E-state index contributed by atoms with van der Waals surface area (Å²) in [5.74, 6) is 0. The summed E-state index contributed by atoms with van der Waals surface area (Å²) >= 11 is 0. The van der Waals surface area contributed by atoms with E-state index in [0.717, 1.165) is 0 Å².